The molecule has 1 saturated heterocycles. The summed E-state index contributed by atoms with van der Waals surface area (Å²) >= 11 is 0. The molecule has 0 amide bonds. The largest absolute Gasteiger partial charge is 0.370 e. The minimum atomic E-state index is 0.0147. The maximum atomic E-state index is 5.94. The van der Waals surface area contributed by atoms with E-state index in [4.69, 9.17) is 4.74 Å². The molecule has 1 aromatic carbocycles. The molecule has 1 atom stereocenters. The second kappa shape index (κ2) is 8.02. The SMILES string of the molecule is CN=C(NCCn1c(C)nc2ccccc21)N1CCOC(c2cnn(C)c2)C1. The van der Waals surface area contributed by atoms with Gasteiger partial charge in [-0.3, -0.25) is 9.67 Å². The summed E-state index contributed by atoms with van der Waals surface area (Å²) in [6.45, 7) is 5.92. The number of rotatable bonds is 4. The fraction of sp³-hybridized carbons (Fsp3) is 0.450. The van der Waals surface area contributed by atoms with Crippen molar-refractivity contribution in [1.29, 1.82) is 0 Å². The van der Waals surface area contributed by atoms with E-state index in [9.17, 15) is 0 Å². The maximum Gasteiger partial charge on any atom is 0.193 e. The van der Waals surface area contributed by atoms with Crippen molar-refractivity contribution < 1.29 is 4.74 Å². The topological polar surface area (TPSA) is 72.5 Å². The summed E-state index contributed by atoms with van der Waals surface area (Å²) in [6.07, 6.45) is 3.90. The number of hydrogen-bond donors (Lipinski definition) is 1. The van der Waals surface area contributed by atoms with Crippen LogP contribution in [0.1, 0.15) is 17.5 Å². The lowest BCUT2D eigenvalue weighted by molar-refractivity contribution is -0.00802. The average molecular weight is 381 g/mol. The van der Waals surface area contributed by atoms with E-state index >= 15 is 0 Å². The van der Waals surface area contributed by atoms with Crippen molar-refractivity contribution >= 4 is 17.0 Å². The van der Waals surface area contributed by atoms with Crippen molar-refractivity contribution in [3.63, 3.8) is 0 Å². The second-order valence-corrected chi connectivity index (χ2v) is 7.03. The van der Waals surface area contributed by atoms with Gasteiger partial charge < -0.3 is 19.5 Å². The average Bonchev–Trinajstić information content (AvgIpc) is 3.28. The van der Waals surface area contributed by atoms with Crippen LogP contribution < -0.4 is 5.32 Å². The van der Waals surface area contributed by atoms with E-state index < -0.39 is 0 Å². The second-order valence-electron chi connectivity index (χ2n) is 7.03. The number of ether oxygens (including phenoxy) is 1. The highest BCUT2D eigenvalue weighted by atomic mass is 16.5. The third-order valence-corrected chi connectivity index (χ3v) is 5.14. The molecule has 4 rings (SSSR count). The first-order valence-electron chi connectivity index (χ1n) is 9.63. The predicted octanol–water partition coefficient (Wildman–Crippen LogP) is 1.73. The number of benzene rings is 1. The smallest absolute Gasteiger partial charge is 0.193 e. The number of guanidine groups is 1. The fourth-order valence-corrected chi connectivity index (χ4v) is 3.74. The molecule has 3 heterocycles. The molecule has 148 valence electrons. The number of aromatic nitrogens is 4. The molecule has 1 unspecified atom stereocenters. The number of hydrogen-bond acceptors (Lipinski definition) is 4. The highest BCUT2D eigenvalue weighted by Crippen LogP contribution is 2.21. The molecular weight excluding hydrogens is 354 g/mol. The van der Waals surface area contributed by atoms with E-state index in [1.807, 2.05) is 37.2 Å². The third kappa shape index (κ3) is 3.73. The summed E-state index contributed by atoms with van der Waals surface area (Å²) in [5, 5.41) is 7.75. The quantitative estimate of drug-likeness (QED) is 0.550. The monoisotopic (exact) mass is 381 g/mol. The van der Waals surface area contributed by atoms with Crippen LogP contribution in [-0.4, -0.2) is 63.5 Å². The first kappa shape index (κ1) is 18.5. The van der Waals surface area contributed by atoms with Crippen molar-refractivity contribution in [3.05, 3.63) is 48.0 Å². The zero-order valence-corrected chi connectivity index (χ0v) is 16.7. The number of morpholine rings is 1. The van der Waals surface area contributed by atoms with Gasteiger partial charge >= 0.3 is 0 Å². The normalized spacial score (nSPS) is 18.0. The Balaban J connectivity index is 1.38. The number of aliphatic imine (C=N–C) groups is 1. The molecule has 0 aliphatic carbocycles. The Morgan fingerprint density at radius 1 is 1.36 bits per heavy atom. The Hall–Kier alpha value is -2.87. The Morgan fingerprint density at radius 3 is 3.00 bits per heavy atom. The first-order chi connectivity index (χ1) is 13.7. The Bertz CT molecular complexity index is 974. The van der Waals surface area contributed by atoms with Gasteiger partial charge in [0.1, 0.15) is 11.9 Å². The zero-order chi connectivity index (χ0) is 19.5. The van der Waals surface area contributed by atoms with Crippen molar-refractivity contribution in [2.24, 2.45) is 12.0 Å². The van der Waals surface area contributed by atoms with Crippen molar-refractivity contribution in [1.82, 2.24) is 29.5 Å². The van der Waals surface area contributed by atoms with Crippen LogP contribution in [0.15, 0.2) is 41.7 Å². The lowest BCUT2D eigenvalue weighted by atomic mass is 10.1. The van der Waals surface area contributed by atoms with Gasteiger partial charge in [0.2, 0.25) is 0 Å². The van der Waals surface area contributed by atoms with Crippen LogP contribution in [0.5, 0.6) is 0 Å². The summed E-state index contributed by atoms with van der Waals surface area (Å²) in [6, 6.07) is 8.25. The van der Waals surface area contributed by atoms with Crippen LogP contribution in [0.3, 0.4) is 0 Å². The van der Waals surface area contributed by atoms with Gasteiger partial charge in [0.15, 0.2) is 5.96 Å². The number of fused-ring (bicyclic) bond motifs is 1. The maximum absolute atomic E-state index is 5.94. The van der Waals surface area contributed by atoms with E-state index in [0.29, 0.717) is 6.61 Å². The summed E-state index contributed by atoms with van der Waals surface area (Å²) < 4.78 is 9.99. The van der Waals surface area contributed by atoms with Gasteiger partial charge in [0.25, 0.3) is 0 Å². The third-order valence-electron chi connectivity index (χ3n) is 5.14. The van der Waals surface area contributed by atoms with Crippen LogP contribution in [0.2, 0.25) is 0 Å². The summed E-state index contributed by atoms with van der Waals surface area (Å²) in [4.78, 5) is 11.4. The van der Waals surface area contributed by atoms with Crippen molar-refractivity contribution in [2.75, 3.05) is 33.3 Å². The molecule has 0 radical (unpaired) electrons. The molecule has 2 aromatic heterocycles. The van der Waals surface area contributed by atoms with Crippen molar-refractivity contribution in [2.45, 2.75) is 19.6 Å². The number of para-hydroxylation sites is 2. The van der Waals surface area contributed by atoms with Gasteiger partial charge in [-0.1, -0.05) is 12.1 Å². The van der Waals surface area contributed by atoms with Crippen LogP contribution in [0.4, 0.5) is 0 Å². The summed E-state index contributed by atoms with van der Waals surface area (Å²) in [5.74, 6) is 1.93. The lowest BCUT2D eigenvalue weighted by Crippen LogP contribution is -2.48. The van der Waals surface area contributed by atoms with Gasteiger partial charge in [0.05, 0.1) is 30.4 Å². The molecule has 1 fully saturated rings. The van der Waals surface area contributed by atoms with Crippen LogP contribution in [0, 0.1) is 6.92 Å². The molecule has 28 heavy (non-hydrogen) atoms. The zero-order valence-electron chi connectivity index (χ0n) is 16.7. The van der Waals surface area contributed by atoms with Gasteiger partial charge in [-0.05, 0) is 19.1 Å². The number of nitrogens with zero attached hydrogens (tertiary/aromatic N) is 6. The van der Waals surface area contributed by atoms with E-state index in [1.165, 1.54) is 5.52 Å². The minimum Gasteiger partial charge on any atom is -0.370 e. The van der Waals surface area contributed by atoms with E-state index in [2.05, 4.69) is 55.0 Å². The fourth-order valence-electron chi connectivity index (χ4n) is 3.74. The van der Waals surface area contributed by atoms with Gasteiger partial charge in [-0.25, -0.2) is 4.98 Å². The number of imidazole rings is 1. The van der Waals surface area contributed by atoms with Crippen LogP contribution >= 0.6 is 0 Å². The molecule has 1 aliphatic heterocycles. The minimum absolute atomic E-state index is 0.0147. The lowest BCUT2D eigenvalue weighted by Gasteiger charge is -2.34. The van der Waals surface area contributed by atoms with Crippen LogP contribution in [0.25, 0.3) is 11.0 Å². The van der Waals surface area contributed by atoms with Crippen LogP contribution in [-0.2, 0) is 18.3 Å². The van der Waals surface area contributed by atoms with Gasteiger partial charge in [0, 0.05) is 45.5 Å². The first-order valence-corrected chi connectivity index (χ1v) is 9.63. The van der Waals surface area contributed by atoms with Crippen molar-refractivity contribution in [3.8, 4) is 0 Å². The molecule has 0 bridgehead atoms. The highest BCUT2D eigenvalue weighted by molar-refractivity contribution is 5.80. The van der Waals surface area contributed by atoms with E-state index in [-0.39, 0.29) is 6.10 Å². The molecule has 0 spiro atoms. The van der Waals surface area contributed by atoms with E-state index in [1.54, 1.807) is 0 Å². The Kier molecular flexibility index (Phi) is 5.29. The number of nitrogens with one attached hydrogen (secondary N) is 1. The molecule has 8 nitrogen and oxygen atoms in total. The standard InChI is InChI=1S/C20H27N7O/c1-15-24-17-6-4-5-7-18(17)27(15)9-8-22-20(21-2)26-10-11-28-19(14-26)16-12-23-25(3)13-16/h4-7,12-13,19H,8-11,14H2,1-3H3,(H,21,22). The molecule has 3 aromatic rings. The Labute approximate surface area is 164 Å². The predicted molar refractivity (Wildman–Crippen MR) is 109 cm³/mol. The molecule has 1 aliphatic rings. The summed E-state index contributed by atoms with van der Waals surface area (Å²) in [5.41, 5.74) is 3.31. The number of aryl methyl sites for hydroxylation is 2. The molecule has 0 saturated carbocycles. The van der Waals surface area contributed by atoms with Gasteiger partial charge in [-0.15, -0.1) is 0 Å². The highest BCUT2D eigenvalue weighted by Gasteiger charge is 2.25. The summed E-state index contributed by atoms with van der Waals surface area (Å²) in [7, 11) is 3.75. The molecule has 1 N–H and O–H groups in total. The molecule has 8 heteroatoms. The Morgan fingerprint density at radius 2 is 2.21 bits per heavy atom. The van der Waals surface area contributed by atoms with E-state index in [0.717, 1.165) is 49.0 Å². The molecular formula is C20H27N7O. The van der Waals surface area contributed by atoms with Gasteiger partial charge in [-0.2, -0.15) is 5.10 Å².